The molecule has 0 spiro atoms. The molecule has 1 saturated carbocycles. The maximum absolute atomic E-state index is 6.82. The Labute approximate surface area is 354 Å². The molecule has 1 aromatic heterocycles. The largest absolute Gasteiger partial charge is 0.493 e. The van der Waals surface area contributed by atoms with Crippen molar-refractivity contribution < 1.29 is 14.2 Å². The lowest BCUT2D eigenvalue weighted by Crippen LogP contribution is -2.18. The van der Waals surface area contributed by atoms with Crippen LogP contribution in [0.5, 0.6) is 0 Å². The first-order chi connectivity index (χ1) is 27.7. The minimum Gasteiger partial charge on any atom is -0.493 e. The SMILES string of the molecule is C=C/C(=C1/CCCO/C1=C(/C)C1=C(COCC)C(C2CCC2)=CB1C)c1sc(\C(C)=C2/OCCC/C2=C(CCC)\C2=C(\C)CCCCN/C=C/S2)c(CCC)c1C. The molecule has 4 nitrogen and oxygen atoms in total. The highest BCUT2D eigenvalue weighted by molar-refractivity contribution is 8.06. The number of thiophene rings is 1. The first-order valence-electron chi connectivity index (χ1n) is 22.4. The highest BCUT2D eigenvalue weighted by Gasteiger charge is 2.35. The Balaban J connectivity index is 1.50. The second kappa shape index (κ2) is 20.9. The molecule has 0 radical (unpaired) electrons. The van der Waals surface area contributed by atoms with Gasteiger partial charge in [-0.2, -0.15) is 0 Å². The van der Waals surface area contributed by atoms with Gasteiger partial charge in [0.05, 0.1) is 19.8 Å². The summed E-state index contributed by atoms with van der Waals surface area (Å²) in [5.74, 6) is 5.40. The lowest BCUT2D eigenvalue weighted by Gasteiger charge is -2.30. The normalized spacial score (nSPS) is 25.2. The van der Waals surface area contributed by atoms with E-state index in [1.54, 1.807) is 0 Å². The fraction of sp³-hybridized carbons (Fsp3) is 0.560. The molecule has 2 saturated heterocycles. The van der Waals surface area contributed by atoms with E-state index in [4.69, 9.17) is 14.2 Å². The van der Waals surface area contributed by atoms with Crippen molar-refractivity contribution in [3.05, 3.63) is 112 Å². The molecule has 6 rings (SSSR count). The lowest BCUT2D eigenvalue weighted by atomic mass is 9.46. The monoisotopic (exact) mass is 807 g/mol. The molecule has 0 amide bonds. The maximum atomic E-state index is 6.82. The summed E-state index contributed by atoms with van der Waals surface area (Å²) in [6.07, 6.45) is 20.2. The van der Waals surface area contributed by atoms with E-state index in [0.717, 1.165) is 95.7 Å². The summed E-state index contributed by atoms with van der Waals surface area (Å²) in [7, 11) is 0. The highest BCUT2D eigenvalue weighted by Crippen LogP contribution is 2.48. The Bertz CT molecular complexity index is 1910. The summed E-state index contributed by atoms with van der Waals surface area (Å²) in [4.78, 5) is 4.17. The second-order valence-electron chi connectivity index (χ2n) is 16.7. The van der Waals surface area contributed by atoms with Crippen molar-refractivity contribution in [1.29, 1.82) is 0 Å². The van der Waals surface area contributed by atoms with Gasteiger partial charge in [-0.15, -0.1) is 17.3 Å². The van der Waals surface area contributed by atoms with Crippen molar-refractivity contribution in [2.45, 2.75) is 145 Å². The first kappa shape index (κ1) is 43.7. The first-order valence-corrected chi connectivity index (χ1v) is 24.1. The van der Waals surface area contributed by atoms with E-state index in [0.29, 0.717) is 19.2 Å². The van der Waals surface area contributed by atoms with Crippen LogP contribution in [0, 0.1) is 12.8 Å². The number of rotatable bonds is 13. The maximum Gasteiger partial charge on any atom is 0.199 e. The van der Waals surface area contributed by atoms with Gasteiger partial charge in [0, 0.05) is 45.2 Å². The van der Waals surface area contributed by atoms with Crippen LogP contribution in [0.1, 0.15) is 146 Å². The Kier molecular flexibility index (Phi) is 16.0. The van der Waals surface area contributed by atoms with Crippen molar-refractivity contribution in [1.82, 2.24) is 5.32 Å². The lowest BCUT2D eigenvalue weighted by molar-refractivity contribution is 0.169. The Hall–Kier alpha value is -2.87. The van der Waals surface area contributed by atoms with Gasteiger partial charge in [-0.3, -0.25) is 0 Å². The number of hydrogen-bond donors (Lipinski definition) is 1. The van der Waals surface area contributed by atoms with E-state index in [1.807, 2.05) is 23.1 Å². The van der Waals surface area contributed by atoms with E-state index in [-0.39, 0.29) is 0 Å². The van der Waals surface area contributed by atoms with Crippen LogP contribution in [-0.4, -0.2) is 39.7 Å². The fourth-order valence-electron chi connectivity index (χ4n) is 9.66. The van der Waals surface area contributed by atoms with Gasteiger partial charge in [0.1, 0.15) is 11.5 Å². The van der Waals surface area contributed by atoms with Gasteiger partial charge in [0.15, 0.2) is 6.71 Å². The summed E-state index contributed by atoms with van der Waals surface area (Å²) >= 11 is 3.85. The number of thioether (sulfide) groups is 1. The van der Waals surface area contributed by atoms with Crippen molar-refractivity contribution in [2.75, 3.05) is 33.0 Å². The van der Waals surface area contributed by atoms with Gasteiger partial charge < -0.3 is 19.5 Å². The van der Waals surface area contributed by atoms with E-state index >= 15 is 0 Å². The van der Waals surface area contributed by atoms with Crippen LogP contribution in [0.25, 0.3) is 11.1 Å². The van der Waals surface area contributed by atoms with E-state index in [9.17, 15) is 0 Å². The molecule has 1 aromatic rings. The molecule has 1 N–H and O–H groups in total. The van der Waals surface area contributed by atoms with Crippen LogP contribution in [0.2, 0.25) is 6.82 Å². The average Bonchev–Trinajstić information content (AvgIpc) is 3.69. The van der Waals surface area contributed by atoms with Crippen molar-refractivity contribution in [3.8, 4) is 0 Å². The van der Waals surface area contributed by atoms with Crippen LogP contribution in [0.15, 0.2) is 91.1 Å². The molecule has 0 aromatic carbocycles. The van der Waals surface area contributed by atoms with Gasteiger partial charge in [-0.25, -0.2) is 0 Å². The van der Waals surface area contributed by atoms with E-state index in [2.05, 4.69) is 90.8 Å². The molecule has 0 unspecified atom stereocenters. The smallest absolute Gasteiger partial charge is 0.199 e. The molecule has 0 atom stereocenters. The zero-order chi connectivity index (χ0) is 40.5. The number of hydrogen-bond acceptors (Lipinski definition) is 6. The van der Waals surface area contributed by atoms with Crippen LogP contribution < -0.4 is 5.32 Å². The van der Waals surface area contributed by atoms with Gasteiger partial charge in [-0.05, 0) is 156 Å². The standard InChI is InChI=1S/C50H70BNO3S2/c1-10-19-39-34(6)49(38(12-3)40-24-17-28-54-46(40)35(7)45-44(32-53-13-4)43(31-51(45)9)37-22-16-23-37)57-50(39)36(8)47-41(25-18-29-55-47)42(20-11-2)48-33(5)21-14-15-26-52-27-30-56-48/h12,27,30-31,37,52H,3,10-11,13-26,28-29,32H2,1-2,4-9H3/b30-27+,40-38+,42-41+,46-35-,47-36-,48-33+. The Morgan fingerprint density at radius 3 is 2.33 bits per heavy atom. The number of allylic oxidation sites excluding steroid dienone is 9. The molecular formula is C50H70BNO3S2. The van der Waals surface area contributed by atoms with Crippen molar-refractivity contribution >= 4 is 41.0 Å². The summed E-state index contributed by atoms with van der Waals surface area (Å²) in [5.41, 5.74) is 16.8. The summed E-state index contributed by atoms with van der Waals surface area (Å²) < 4.78 is 19.7. The zero-order valence-corrected chi connectivity index (χ0v) is 38.3. The Morgan fingerprint density at radius 2 is 1.67 bits per heavy atom. The predicted molar refractivity (Wildman–Crippen MR) is 250 cm³/mol. The predicted octanol–water partition coefficient (Wildman–Crippen LogP) is 14.2. The molecule has 4 aliphatic heterocycles. The van der Waals surface area contributed by atoms with Gasteiger partial charge in [0.2, 0.25) is 0 Å². The third-order valence-corrected chi connectivity index (χ3v) is 15.3. The van der Waals surface area contributed by atoms with Gasteiger partial charge >= 0.3 is 0 Å². The van der Waals surface area contributed by atoms with Crippen LogP contribution >= 0.6 is 23.1 Å². The quantitative estimate of drug-likeness (QED) is 0.201. The Morgan fingerprint density at radius 1 is 0.930 bits per heavy atom. The molecular weight excluding hydrogens is 737 g/mol. The van der Waals surface area contributed by atoms with Crippen LogP contribution in [-0.2, 0) is 20.6 Å². The van der Waals surface area contributed by atoms with Crippen LogP contribution in [0.4, 0.5) is 0 Å². The number of nitrogens with one attached hydrogen (secondary N) is 1. The zero-order valence-electron chi connectivity index (χ0n) is 36.6. The minimum absolute atomic E-state index is 0.348. The van der Waals surface area contributed by atoms with Gasteiger partial charge in [0.25, 0.3) is 0 Å². The van der Waals surface area contributed by atoms with Crippen LogP contribution in [0.3, 0.4) is 0 Å². The third kappa shape index (κ3) is 9.63. The second-order valence-corrected chi connectivity index (χ2v) is 18.7. The van der Waals surface area contributed by atoms with Gasteiger partial charge in [-0.1, -0.05) is 81.0 Å². The van der Waals surface area contributed by atoms with E-state index in [1.165, 1.54) is 114 Å². The van der Waals surface area contributed by atoms with Crippen molar-refractivity contribution in [2.24, 2.45) is 5.92 Å². The average molecular weight is 808 g/mol. The molecule has 7 heteroatoms. The molecule has 5 heterocycles. The topological polar surface area (TPSA) is 39.7 Å². The molecule has 0 bridgehead atoms. The molecule has 57 heavy (non-hydrogen) atoms. The van der Waals surface area contributed by atoms with E-state index < -0.39 is 0 Å². The highest BCUT2D eigenvalue weighted by atomic mass is 32.2. The summed E-state index contributed by atoms with van der Waals surface area (Å²) in [6.45, 7) is 27.3. The number of ether oxygens (including phenoxy) is 3. The molecule has 308 valence electrons. The summed E-state index contributed by atoms with van der Waals surface area (Å²) in [6, 6.07) is 0. The molecule has 1 aliphatic carbocycles. The third-order valence-electron chi connectivity index (χ3n) is 12.7. The van der Waals surface area contributed by atoms with Crippen molar-refractivity contribution in [3.63, 3.8) is 0 Å². The fourth-order valence-corrected chi connectivity index (χ4v) is 12.1. The molecule has 5 aliphatic rings. The molecule has 3 fully saturated rings. The summed E-state index contributed by atoms with van der Waals surface area (Å²) in [5, 5.41) is 5.75. The minimum atomic E-state index is 0.348.